The minimum absolute atomic E-state index is 0.204. The maximum Gasteiger partial charge on any atom is 0.172 e. The second kappa shape index (κ2) is 6.20. The molecular formula is C16H20ClN3O3. The average molecular weight is 338 g/mol. The largest absolute Gasteiger partial charge is 0.396 e. The average Bonchev–Trinajstić information content (AvgIpc) is 3.19. The molecule has 23 heavy (non-hydrogen) atoms. The third-order valence-electron chi connectivity index (χ3n) is 5.09. The first kappa shape index (κ1) is 16.4. The Morgan fingerprint density at radius 3 is 2.48 bits per heavy atom. The van der Waals surface area contributed by atoms with Gasteiger partial charge in [0.25, 0.3) is 0 Å². The maximum atomic E-state index is 11.5. The summed E-state index contributed by atoms with van der Waals surface area (Å²) in [6.45, 7) is -0.645. The number of rotatable bonds is 5. The molecule has 1 saturated carbocycles. The fourth-order valence-electron chi connectivity index (χ4n) is 3.67. The van der Waals surface area contributed by atoms with Crippen LogP contribution in [0.1, 0.15) is 18.4 Å². The highest BCUT2D eigenvalue weighted by Gasteiger charge is 2.61. The van der Waals surface area contributed by atoms with Crippen LogP contribution >= 0.6 is 11.6 Å². The van der Waals surface area contributed by atoms with E-state index >= 15 is 0 Å². The highest BCUT2D eigenvalue weighted by atomic mass is 35.5. The molecule has 0 spiro atoms. The smallest absolute Gasteiger partial charge is 0.172 e. The molecule has 1 aromatic heterocycles. The third-order valence-corrected chi connectivity index (χ3v) is 5.34. The van der Waals surface area contributed by atoms with Crippen molar-refractivity contribution in [3.05, 3.63) is 47.5 Å². The van der Waals surface area contributed by atoms with Crippen molar-refractivity contribution in [1.29, 1.82) is 0 Å². The molecule has 0 saturated heterocycles. The van der Waals surface area contributed by atoms with Crippen LogP contribution in [0.3, 0.4) is 0 Å². The Labute approximate surface area is 139 Å². The number of hydrogen-bond acceptors (Lipinski definition) is 5. The zero-order valence-electron chi connectivity index (χ0n) is 12.6. The minimum Gasteiger partial charge on any atom is -0.396 e. The van der Waals surface area contributed by atoms with Gasteiger partial charge in [-0.15, -0.1) is 0 Å². The summed E-state index contributed by atoms with van der Waals surface area (Å²) < 4.78 is 1.37. The lowest BCUT2D eigenvalue weighted by Gasteiger charge is -2.42. The molecule has 3 N–H and O–H groups in total. The summed E-state index contributed by atoms with van der Waals surface area (Å²) in [6, 6.07) is 7.46. The van der Waals surface area contributed by atoms with E-state index in [-0.39, 0.29) is 19.1 Å². The number of nitrogens with zero attached hydrogens (tertiary/aromatic N) is 3. The van der Waals surface area contributed by atoms with E-state index in [1.165, 1.54) is 17.3 Å². The molecule has 124 valence electrons. The highest BCUT2D eigenvalue weighted by molar-refractivity contribution is 6.30. The van der Waals surface area contributed by atoms with Gasteiger partial charge in [0.05, 0.1) is 18.6 Å². The van der Waals surface area contributed by atoms with Crippen molar-refractivity contribution in [3.8, 4) is 0 Å². The molecule has 2 atom stereocenters. The number of aliphatic hydroxyl groups excluding tert-OH is 2. The topological polar surface area (TPSA) is 91.4 Å². The van der Waals surface area contributed by atoms with E-state index in [9.17, 15) is 15.3 Å². The second-order valence-corrected chi connectivity index (χ2v) is 6.67. The molecule has 2 aromatic rings. The van der Waals surface area contributed by atoms with Gasteiger partial charge in [-0.2, -0.15) is 5.10 Å². The van der Waals surface area contributed by atoms with Gasteiger partial charge in [-0.05, 0) is 37.0 Å². The molecule has 2 unspecified atom stereocenters. The van der Waals surface area contributed by atoms with Crippen molar-refractivity contribution in [2.45, 2.75) is 25.0 Å². The summed E-state index contributed by atoms with van der Waals surface area (Å²) in [5.41, 5.74) is -1.51. The number of aromatic nitrogens is 3. The zero-order valence-corrected chi connectivity index (χ0v) is 13.4. The lowest BCUT2D eigenvalue weighted by atomic mass is 9.77. The minimum atomic E-state index is -1.49. The Bertz CT molecular complexity index is 643. The summed E-state index contributed by atoms with van der Waals surface area (Å²) in [4.78, 5) is 3.91. The molecule has 3 rings (SSSR count). The Hall–Kier alpha value is -1.47. The molecule has 1 aliphatic carbocycles. The fraction of sp³-hybridized carbons (Fsp3) is 0.500. The molecule has 6 nitrogen and oxygen atoms in total. The Kier molecular flexibility index (Phi) is 4.42. The van der Waals surface area contributed by atoms with Gasteiger partial charge in [0.15, 0.2) is 5.72 Å². The van der Waals surface area contributed by atoms with E-state index in [2.05, 4.69) is 10.1 Å². The number of hydrogen-bond donors (Lipinski definition) is 3. The molecule has 0 amide bonds. The van der Waals surface area contributed by atoms with E-state index in [1.54, 1.807) is 0 Å². The normalized spacial score (nSPS) is 26.5. The quantitative estimate of drug-likeness (QED) is 0.762. The molecule has 1 fully saturated rings. The molecule has 7 heteroatoms. The van der Waals surface area contributed by atoms with Crippen LogP contribution in [-0.2, 0) is 12.1 Å². The predicted molar refractivity (Wildman–Crippen MR) is 84.7 cm³/mol. The molecule has 1 aromatic carbocycles. The fourth-order valence-corrected chi connectivity index (χ4v) is 3.80. The first-order valence-corrected chi connectivity index (χ1v) is 7.97. The number of benzene rings is 1. The van der Waals surface area contributed by atoms with Crippen LogP contribution in [-0.4, -0.2) is 43.3 Å². The van der Waals surface area contributed by atoms with Crippen molar-refractivity contribution in [1.82, 2.24) is 14.8 Å². The molecule has 0 radical (unpaired) electrons. The molecular weight excluding hydrogens is 318 g/mol. The van der Waals surface area contributed by atoms with Gasteiger partial charge >= 0.3 is 0 Å². The van der Waals surface area contributed by atoms with Crippen LogP contribution in [0.5, 0.6) is 0 Å². The Morgan fingerprint density at radius 2 is 1.91 bits per heavy atom. The summed E-state index contributed by atoms with van der Waals surface area (Å²) in [5, 5.41) is 35.9. The lowest BCUT2D eigenvalue weighted by molar-refractivity contribution is -0.196. The van der Waals surface area contributed by atoms with Crippen LogP contribution in [0.15, 0.2) is 36.9 Å². The second-order valence-electron chi connectivity index (χ2n) is 6.23. The van der Waals surface area contributed by atoms with Crippen molar-refractivity contribution >= 4 is 11.6 Å². The van der Waals surface area contributed by atoms with E-state index in [4.69, 9.17) is 11.6 Å². The van der Waals surface area contributed by atoms with Gasteiger partial charge in [-0.25, -0.2) is 9.67 Å². The van der Waals surface area contributed by atoms with Gasteiger partial charge < -0.3 is 15.3 Å². The van der Waals surface area contributed by atoms with Gasteiger partial charge in [0.2, 0.25) is 0 Å². The van der Waals surface area contributed by atoms with Gasteiger partial charge in [-0.3, -0.25) is 0 Å². The van der Waals surface area contributed by atoms with E-state index in [0.29, 0.717) is 24.3 Å². The zero-order chi connectivity index (χ0) is 16.5. The number of aliphatic hydroxyl groups is 3. The molecule has 0 aliphatic heterocycles. The van der Waals surface area contributed by atoms with Gasteiger partial charge in [-0.1, -0.05) is 23.7 Å². The third kappa shape index (κ3) is 2.55. The standard InChI is InChI=1S/C16H20ClN3O3/c17-14-3-1-12(2-4-14)7-13-5-6-15(8-21,9-22)16(13,23)20-11-18-10-19-20/h1-4,10-11,13,21-23H,5-9H2. The predicted octanol–water partition coefficient (Wildman–Crippen LogP) is 1.20. The van der Waals surface area contributed by atoms with Crippen LogP contribution < -0.4 is 0 Å². The van der Waals surface area contributed by atoms with Crippen LogP contribution in [0.25, 0.3) is 0 Å². The Morgan fingerprint density at radius 1 is 1.22 bits per heavy atom. The molecule has 1 aliphatic rings. The Balaban J connectivity index is 1.97. The van der Waals surface area contributed by atoms with Crippen molar-refractivity contribution < 1.29 is 15.3 Å². The van der Waals surface area contributed by atoms with Crippen LogP contribution in [0.2, 0.25) is 5.02 Å². The van der Waals surface area contributed by atoms with Gasteiger partial charge in [0.1, 0.15) is 12.7 Å². The van der Waals surface area contributed by atoms with Crippen LogP contribution in [0.4, 0.5) is 0 Å². The first-order valence-electron chi connectivity index (χ1n) is 7.59. The summed E-state index contributed by atoms with van der Waals surface area (Å²) in [5.74, 6) is -0.204. The van der Waals surface area contributed by atoms with E-state index in [1.807, 2.05) is 24.3 Å². The monoisotopic (exact) mass is 337 g/mol. The summed E-state index contributed by atoms with van der Waals surface area (Å²) >= 11 is 5.92. The summed E-state index contributed by atoms with van der Waals surface area (Å²) in [6.07, 6.45) is 4.54. The van der Waals surface area contributed by atoms with Gasteiger partial charge in [0, 0.05) is 10.9 Å². The first-order chi connectivity index (χ1) is 11.1. The van der Waals surface area contributed by atoms with E-state index < -0.39 is 11.1 Å². The highest BCUT2D eigenvalue weighted by Crippen LogP contribution is 2.53. The number of halogens is 1. The summed E-state index contributed by atoms with van der Waals surface area (Å²) in [7, 11) is 0. The maximum absolute atomic E-state index is 11.5. The van der Waals surface area contributed by atoms with Crippen molar-refractivity contribution in [2.75, 3.05) is 13.2 Å². The van der Waals surface area contributed by atoms with Crippen LogP contribution in [0, 0.1) is 11.3 Å². The van der Waals surface area contributed by atoms with Crippen molar-refractivity contribution in [3.63, 3.8) is 0 Å². The SMILES string of the molecule is OCC1(CO)CCC(Cc2ccc(Cl)cc2)C1(O)n1cncn1. The molecule has 1 heterocycles. The van der Waals surface area contributed by atoms with E-state index in [0.717, 1.165) is 5.56 Å². The molecule has 0 bridgehead atoms. The lowest BCUT2D eigenvalue weighted by Crippen LogP contribution is -2.55. The van der Waals surface area contributed by atoms with Crippen molar-refractivity contribution in [2.24, 2.45) is 11.3 Å².